The topological polar surface area (TPSA) is 53.1 Å². The number of fused-ring (bicyclic) bond motifs is 1. The Morgan fingerprint density at radius 2 is 1.70 bits per heavy atom. The number of rotatable bonds is 4. The zero-order valence-corrected chi connectivity index (χ0v) is 16.6. The summed E-state index contributed by atoms with van der Waals surface area (Å²) in [5.41, 5.74) is 3.40. The van der Waals surface area contributed by atoms with Gasteiger partial charge in [0.05, 0.1) is 12.0 Å². The first kappa shape index (κ1) is 18.3. The monoisotopic (exact) mass is 387 g/mol. The van der Waals surface area contributed by atoms with Gasteiger partial charge < -0.3 is 14.5 Å². The van der Waals surface area contributed by atoms with Gasteiger partial charge in [-0.2, -0.15) is 4.31 Å². The molecule has 2 heterocycles. The number of piperazine rings is 1. The molecule has 0 radical (unpaired) electrons. The number of methoxy groups -OCH3 is 1. The summed E-state index contributed by atoms with van der Waals surface area (Å²) in [5, 5.41) is 0. The Balaban J connectivity index is 1.61. The average molecular weight is 388 g/mol. The van der Waals surface area contributed by atoms with E-state index in [1.807, 2.05) is 12.1 Å². The summed E-state index contributed by atoms with van der Waals surface area (Å²) in [5.74, 6) is 0.547. The van der Waals surface area contributed by atoms with Crippen LogP contribution in [-0.4, -0.2) is 58.0 Å². The van der Waals surface area contributed by atoms with E-state index < -0.39 is 10.0 Å². The fourth-order valence-electron chi connectivity index (χ4n) is 3.80. The molecule has 27 heavy (non-hydrogen) atoms. The number of nitrogens with zero attached hydrogens (tertiary/aromatic N) is 3. The van der Waals surface area contributed by atoms with E-state index in [0.717, 1.165) is 37.3 Å². The average Bonchev–Trinajstić information content (AvgIpc) is 3.14. The lowest BCUT2D eigenvalue weighted by Gasteiger charge is -2.35. The fraction of sp³-hybridized carbons (Fsp3) is 0.400. The summed E-state index contributed by atoms with van der Waals surface area (Å²) >= 11 is 0. The smallest absolute Gasteiger partial charge is 0.243 e. The molecule has 2 aliphatic rings. The lowest BCUT2D eigenvalue weighted by Crippen LogP contribution is -2.44. The molecule has 1 fully saturated rings. The minimum absolute atomic E-state index is 0.274. The zero-order valence-electron chi connectivity index (χ0n) is 15.8. The van der Waals surface area contributed by atoms with E-state index in [-0.39, 0.29) is 4.90 Å². The molecular weight excluding hydrogens is 362 g/mol. The molecule has 1 saturated heterocycles. The van der Waals surface area contributed by atoms with Gasteiger partial charge >= 0.3 is 0 Å². The van der Waals surface area contributed by atoms with Crippen LogP contribution >= 0.6 is 0 Å². The Morgan fingerprint density at radius 1 is 0.963 bits per heavy atom. The number of likely N-dealkylation sites (N-methyl/N-ethyl adjacent to an activating group) is 1. The number of anilines is 1. The van der Waals surface area contributed by atoms with Crippen molar-refractivity contribution in [3.8, 4) is 5.75 Å². The van der Waals surface area contributed by atoms with Gasteiger partial charge in [0.15, 0.2) is 0 Å². The molecule has 0 amide bonds. The van der Waals surface area contributed by atoms with Crippen molar-refractivity contribution in [2.75, 3.05) is 45.2 Å². The number of hydrogen-bond acceptors (Lipinski definition) is 5. The van der Waals surface area contributed by atoms with Gasteiger partial charge in [-0.3, -0.25) is 0 Å². The third kappa shape index (κ3) is 3.42. The number of sulfonamides is 1. The van der Waals surface area contributed by atoms with Crippen molar-refractivity contribution in [1.82, 2.24) is 9.21 Å². The van der Waals surface area contributed by atoms with Crippen LogP contribution in [0.4, 0.5) is 5.69 Å². The molecule has 2 aliphatic heterocycles. The van der Waals surface area contributed by atoms with Crippen LogP contribution in [0.3, 0.4) is 0 Å². The van der Waals surface area contributed by atoms with Gasteiger partial charge in [0.2, 0.25) is 10.0 Å². The molecule has 144 valence electrons. The maximum atomic E-state index is 13.2. The standard InChI is InChI=1S/C20H25N3O3S/c1-21-9-11-22(12-10-21)20-8-3-5-16-14-23(15-19(16)20)27(24,25)18-7-4-6-17(13-18)26-2/h3-8,13H,9-12,14-15H2,1-2H3. The molecule has 4 rings (SSSR count). The maximum Gasteiger partial charge on any atom is 0.243 e. The second-order valence-electron chi connectivity index (χ2n) is 7.16. The lowest BCUT2D eigenvalue weighted by molar-refractivity contribution is 0.312. The normalized spacial score (nSPS) is 18.5. The van der Waals surface area contributed by atoms with Gasteiger partial charge in [-0.25, -0.2) is 8.42 Å². The number of hydrogen-bond donors (Lipinski definition) is 0. The molecule has 0 aliphatic carbocycles. The van der Waals surface area contributed by atoms with Crippen molar-refractivity contribution in [2.24, 2.45) is 0 Å². The molecule has 0 atom stereocenters. The Bertz CT molecular complexity index is 937. The summed E-state index contributed by atoms with van der Waals surface area (Å²) in [7, 11) is 0.107. The molecule has 0 aromatic heterocycles. The Hall–Kier alpha value is -2.09. The zero-order chi connectivity index (χ0) is 19.0. The number of ether oxygens (including phenoxy) is 1. The van der Waals surface area contributed by atoms with Crippen LogP contribution in [0.1, 0.15) is 11.1 Å². The van der Waals surface area contributed by atoms with E-state index >= 15 is 0 Å². The highest BCUT2D eigenvalue weighted by molar-refractivity contribution is 7.89. The van der Waals surface area contributed by atoms with Crippen LogP contribution in [0.2, 0.25) is 0 Å². The van der Waals surface area contributed by atoms with E-state index in [1.165, 1.54) is 5.69 Å². The van der Waals surface area contributed by atoms with E-state index in [4.69, 9.17) is 4.74 Å². The van der Waals surface area contributed by atoms with Crippen molar-refractivity contribution >= 4 is 15.7 Å². The lowest BCUT2D eigenvalue weighted by atomic mass is 10.1. The Morgan fingerprint density at radius 3 is 2.44 bits per heavy atom. The molecule has 0 N–H and O–H groups in total. The minimum Gasteiger partial charge on any atom is -0.497 e. The molecular formula is C20H25N3O3S. The maximum absolute atomic E-state index is 13.2. The van der Waals surface area contributed by atoms with Gasteiger partial charge in [0.1, 0.15) is 5.75 Å². The van der Waals surface area contributed by atoms with Crippen LogP contribution < -0.4 is 9.64 Å². The van der Waals surface area contributed by atoms with E-state index in [1.54, 1.807) is 35.7 Å². The second-order valence-corrected chi connectivity index (χ2v) is 9.10. The van der Waals surface area contributed by atoms with Crippen LogP contribution in [-0.2, 0) is 23.1 Å². The van der Waals surface area contributed by atoms with Crippen LogP contribution in [0.15, 0.2) is 47.4 Å². The Kier molecular flexibility index (Phi) is 4.84. The second kappa shape index (κ2) is 7.14. The third-order valence-electron chi connectivity index (χ3n) is 5.45. The summed E-state index contributed by atoms with van der Waals surface area (Å²) < 4.78 is 33.1. The predicted molar refractivity (Wildman–Crippen MR) is 106 cm³/mol. The Labute approximate surface area is 161 Å². The predicted octanol–water partition coefficient (Wildman–Crippen LogP) is 2.15. The first-order chi connectivity index (χ1) is 13.0. The minimum atomic E-state index is -3.57. The van der Waals surface area contributed by atoms with Crippen LogP contribution in [0, 0.1) is 0 Å². The quantitative estimate of drug-likeness (QED) is 0.805. The van der Waals surface area contributed by atoms with Crippen LogP contribution in [0.25, 0.3) is 0 Å². The van der Waals surface area contributed by atoms with Crippen molar-refractivity contribution in [1.29, 1.82) is 0 Å². The van der Waals surface area contributed by atoms with Gasteiger partial charge in [0.25, 0.3) is 0 Å². The van der Waals surface area contributed by atoms with E-state index in [9.17, 15) is 8.42 Å². The molecule has 0 spiro atoms. The molecule has 2 aromatic carbocycles. The van der Waals surface area contributed by atoms with Crippen molar-refractivity contribution in [3.63, 3.8) is 0 Å². The van der Waals surface area contributed by atoms with Gasteiger partial charge in [-0.1, -0.05) is 18.2 Å². The molecule has 0 saturated carbocycles. The SMILES string of the molecule is COc1cccc(S(=O)(=O)N2Cc3cccc(N4CCN(C)CC4)c3C2)c1. The summed E-state index contributed by atoms with van der Waals surface area (Å²) in [6, 6.07) is 12.9. The summed E-state index contributed by atoms with van der Waals surface area (Å²) in [4.78, 5) is 4.97. The molecule has 6 nitrogen and oxygen atoms in total. The van der Waals surface area contributed by atoms with E-state index in [2.05, 4.69) is 22.9 Å². The van der Waals surface area contributed by atoms with Gasteiger partial charge in [0, 0.05) is 51.0 Å². The highest BCUT2D eigenvalue weighted by Gasteiger charge is 2.33. The first-order valence-electron chi connectivity index (χ1n) is 9.17. The highest BCUT2D eigenvalue weighted by Crippen LogP contribution is 2.35. The van der Waals surface area contributed by atoms with Crippen molar-refractivity contribution in [3.05, 3.63) is 53.6 Å². The largest absolute Gasteiger partial charge is 0.497 e. The molecule has 0 bridgehead atoms. The van der Waals surface area contributed by atoms with Crippen molar-refractivity contribution in [2.45, 2.75) is 18.0 Å². The highest BCUT2D eigenvalue weighted by atomic mass is 32.2. The van der Waals surface area contributed by atoms with Crippen molar-refractivity contribution < 1.29 is 13.2 Å². The molecule has 2 aromatic rings. The molecule has 0 unspecified atom stereocenters. The van der Waals surface area contributed by atoms with Gasteiger partial charge in [-0.05, 0) is 36.4 Å². The summed E-state index contributed by atoms with van der Waals surface area (Å²) in [6.07, 6.45) is 0. The fourth-order valence-corrected chi connectivity index (χ4v) is 5.22. The first-order valence-corrected chi connectivity index (χ1v) is 10.6. The third-order valence-corrected chi connectivity index (χ3v) is 7.24. The molecule has 7 heteroatoms. The van der Waals surface area contributed by atoms with Gasteiger partial charge in [-0.15, -0.1) is 0 Å². The number of benzene rings is 2. The summed E-state index contributed by atoms with van der Waals surface area (Å²) in [6.45, 7) is 4.81. The van der Waals surface area contributed by atoms with Crippen LogP contribution in [0.5, 0.6) is 5.75 Å². The van der Waals surface area contributed by atoms with E-state index in [0.29, 0.717) is 18.8 Å².